The molecule has 1 heterocycles. The van der Waals surface area contributed by atoms with Crippen LogP contribution in [0, 0.1) is 38.7 Å². The number of carbonyl (C=O) groups is 5. The van der Waals surface area contributed by atoms with Crippen molar-refractivity contribution in [3.63, 3.8) is 0 Å². The Morgan fingerprint density at radius 3 is 2.63 bits per heavy atom. The van der Waals surface area contributed by atoms with Crippen LogP contribution in [0.1, 0.15) is 85.5 Å². The van der Waals surface area contributed by atoms with E-state index in [9.17, 15) is 39.2 Å². The standard InChI is InChI=1S/C35H48N2O14/c1-5-8-30-49-28-16-24-23-10-9-21-15-22(39)11-12-33(21,3)31(23)26(40)18-34(24,4)35(28,50-30)27(41)19-47-29(42)17-25(36-51-20(2)38)32(43)46-13-6-7-14-48-37(44)45/h11-12,15,23-26,28,30-31,36,40H,5-10,13-14,16-19H2,1-4H3/t23?,24?,25?,26-,28+,30?,31?,33-,34-,35-/m0/s1. The summed E-state index contributed by atoms with van der Waals surface area (Å²) in [6.45, 7) is 6.06. The van der Waals surface area contributed by atoms with Crippen molar-refractivity contribution in [2.24, 2.45) is 28.6 Å². The Labute approximate surface area is 295 Å². The van der Waals surface area contributed by atoms with Gasteiger partial charge in [0.15, 0.2) is 30.3 Å². The first-order chi connectivity index (χ1) is 24.2. The van der Waals surface area contributed by atoms with E-state index in [1.807, 2.05) is 19.9 Å². The Balaban J connectivity index is 1.29. The molecule has 0 bridgehead atoms. The monoisotopic (exact) mass is 720 g/mol. The molecule has 282 valence electrons. The topological polar surface area (TPSA) is 216 Å². The fourth-order valence-corrected chi connectivity index (χ4v) is 9.43. The highest BCUT2D eigenvalue weighted by atomic mass is 16.9. The number of carbonyl (C=O) groups excluding carboxylic acids is 5. The van der Waals surface area contributed by atoms with Crippen molar-refractivity contribution in [2.75, 3.05) is 19.8 Å². The van der Waals surface area contributed by atoms with Crippen LogP contribution in [0.15, 0.2) is 23.8 Å². The lowest BCUT2D eigenvalue weighted by Crippen LogP contribution is -2.63. The summed E-state index contributed by atoms with van der Waals surface area (Å²) in [5, 5.41) is 21.2. The highest BCUT2D eigenvalue weighted by Crippen LogP contribution is 2.69. The number of esters is 2. The van der Waals surface area contributed by atoms with Crippen LogP contribution in [0.25, 0.3) is 0 Å². The van der Waals surface area contributed by atoms with Gasteiger partial charge >= 0.3 is 17.9 Å². The molecule has 16 nitrogen and oxygen atoms in total. The van der Waals surface area contributed by atoms with Gasteiger partial charge in [0, 0.05) is 23.7 Å². The highest BCUT2D eigenvalue weighted by Gasteiger charge is 2.75. The first-order valence-corrected chi connectivity index (χ1v) is 17.7. The number of unbranched alkanes of at least 4 members (excludes halogenated alkanes) is 1. The van der Waals surface area contributed by atoms with Gasteiger partial charge in [-0.05, 0) is 68.9 Å². The maximum Gasteiger partial charge on any atom is 0.327 e. The van der Waals surface area contributed by atoms with Crippen LogP contribution in [-0.2, 0) is 52.6 Å². The molecule has 4 aliphatic carbocycles. The van der Waals surface area contributed by atoms with Crippen molar-refractivity contribution in [2.45, 2.75) is 116 Å². The minimum atomic E-state index is -1.51. The first-order valence-electron chi connectivity index (χ1n) is 17.7. The number of aliphatic hydroxyl groups is 1. The number of ether oxygens (including phenoxy) is 4. The largest absolute Gasteiger partial charge is 0.464 e. The molecule has 0 spiro atoms. The minimum absolute atomic E-state index is 0.00752. The summed E-state index contributed by atoms with van der Waals surface area (Å²) in [6.07, 6.45) is 6.32. The van der Waals surface area contributed by atoms with Crippen molar-refractivity contribution in [3.8, 4) is 0 Å². The first kappa shape index (κ1) is 38.5. The summed E-state index contributed by atoms with van der Waals surface area (Å²) < 4.78 is 23.6. The molecule has 1 aliphatic heterocycles. The molecule has 0 radical (unpaired) electrons. The number of hydrogen-bond acceptors (Lipinski definition) is 15. The third-order valence-corrected chi connectivity index (χ3v) is 11.6. The molecule has 3 saturated carbocycles. The Hall–Kier alpha value is -3.73. The second-order valence-corrected chi connectivity index (χ2v) is 14.6. The zero-order valence-electron chi connectivity index (χ0n) is 29.5. The summed E-state index contributed by atoms with van der Waals surface area (Å²) >= 11 is 0. The number of ketones is 2. The fourth-order valence-electron chi connectivity index (χ4n) is 9.43. The Kier molecular flexibility index (Phi) is 11.7. The Morgan fingerprint density at radius 2 is 1.92 bits per heavy atom. The molecule has 0 aromatic carbocycles. The number of nitrogens with zero attached hydrogens (tertiary/aromatic N) is 1. The van der Waals surface area contributed by atoms with Crippen molar-refractivity contribution in [3.05, 3.63) is 33.9 Å². The number of rotatable bonds is 16. The second-order valence-electron chi connectivity index (χ2n) is 14.6. The van der Waals surface area contributed by atoms with E-state index in [1.54, 1.807) is 12.2 Å². The summed E-state index contributed by atoms with van der Waals surface area (Å²) in [4.78, 5) is 83.0. The third-order valence-electron chi connectivity index (χ3n) is 11.6. The molecular formula is C35H48N2O14. The molecule has 5 aliphatic rings. The van der Waals surface area contributed by atoms with Crippen LogP contribution in [0.5, 0.6) is 0 Å². The number of Topliss-reactive ketones (excluding diaryl/α,β-unsaturated/α-hetero) is 1. The molecule has 5 rings (SSSR count). The number of aliphatic hydroxyl groups excluding tert-OH is 1. The zero-order chi connectivity index (χ0) is 37.1. The average molecular weight is 721 g/mol. The van der Waals surface area contributed by atoms with E-state index >= 15 is 0 Å². The van der Waals surface area contributed by atoms with Crippen molar-refractivity contribution >= 4 is 29.5 Å². The van der Waals surface area contributed by atoms with Crippen LogP contribution in [-0.4, -0.2) is 89.6 Å². The predicted molar refractivity (Wildman–Crippen MR) is 173 cm³/mol. The van der Waals surface area contributed by atoms with E-state index < -0.39 is 82.8 Å². The quantitative estimate of drug-likeness (QED) is 0.0770. The van der Waals surface area contributed by atoms with Crippen LogP contribution < -0.4 is 5.48 Å². The van der Waals surface area contributed by atoms with Gasteiger partial charge in [0.05, 0.1) is 31.8 Å². The number of hydroxylamine groups is 1. The lowest BCUT2D eigenvalue weighted by molar-refractivity contribution is -0.757. The second kappa shape index (κ2) is 15.5. The normalized spacial score (nSPS) is 35.3. The zero-order valence-corrected chi connectivity index (χ0v) is 29.5. The molecule has 0 amide bonds. The molecule has 10 atom stereocenters. The SMILES string of the molecule is CCCC1O[C@@H]2CC3C4CCC5=CC(=O)C=C[C@]5(C)C4[C@@H](O)C[C@]3(C)[C@@]2(C(=O)COC(=O)CC(NOC(C)=O)C(=O)OCCCCO[N+](=O)[O-])O1. The third kappa shape index (κ3) is 7.46. The highest BCUT2D eigenvalue weighted by molar-refractivity contribution is 6.01. The van der Waals surface area contributed by atoms with Gasteiger partial charge in [-0.1, -0.05) is 38.8 Å². The Morgan fingerprint density at radius 1 is 1.18 bits per heavy atom. The number of hydrogen-bond donors (Lipinski definition) is 2. The maximum absolute atomic E-state index is 14.4. The minimum Gasteiger partial charge on any atom is -0.464 e. The number of nitrogens with one attached hydrogen (secondary N) is 1. The van der Waals surface area contributed by atoms with Gasteiger partial charge in [-0.25, -0.2) is 0 Å². The lowest BCUT2D eigenvalue weighted by atomic mass is 9.46. The molecular weight excluding hydrogens is 672 g/mol. The summed E-state index contributed by atoms with van der Waals surface area (Å²) in [5.74, 6) is -3.49. The molecule has 5 unspecified atom stereocenters. The van der Waals surface area contributed by atoms with E-state index in [-0.39, 0.29) is 56.0 Å². The Bertz CT molecular complexity index is 1460. The smallest absolute Gasteiger partial charge is 0.327 e. The molecule has 0 aromatic rings. The number of allylic oxidation sites excluding steroid dienone is 4. The van der Waals surface area contributed by atoms with Crippen molar-refractivity contribution in [1.82, 2.24) is 5.48 Å². The predicted octanol–water partition coefficient (Wildman–Crippen LogP) is 2.63. The summed E-state index contributed by atoms with van der Waals surface area (Å²) in [6, 6.07) is -1.47. The van der Waals surface area contributed by atoms with E-state index in [0.717, 1.165) is 25.3 Å². The van der Waals surface area contributed by atoms with Gasteiger partial charge in [0.1, 0.15) is 0 Å². The summed E-state index contributed by atoms with van der Waals surface area (Å²) in [7, 11) is 0. The maximum atomic E-state index is 14.4. The number of fused-ring (bicyclic) bond motifs is 7. The van der Waals surface area contributed by atoms with Crippen LogP contribution in [0.2, 0.25) is 0 Å². The van der Waals surface area contributed by atoms with Gasteiger partial charge in [-0.3, -0.25) is 24.0 Å². The summed E-state index contributed by atoms with van der Waals surface area (Å²) in [5.41, 5.74) is 0.322. The molecule has 16 heteroatoms. The molecule has 0 aromatic heterocycles. The van der Waals surface area contributed by atoms with Gasteiger partial charge < -0.3 is 33.7 Å². The van der Waals surface area contributed by atoms with Gasteiger partial charge in [-0.2, -0.15) is 0 Å². The van der Waals surface area contributed by atoms with Gasteiger partial charge in [-0.15, -0.1) is 15.6 Å². The van der Waals surface area contributed by atoms with Crippen LogP contribution in [0.3, 0.4) is 0 Å². The van der Waals surface area contributed by atoms with E-state index in [1.165, 1.54) is 0 Å². The van der Waals surface area contributed by atoms with Gasteiger partial charge in [0.25, 0.3) is 5.09 Å². The van der Waals surface area contributed by atoms with Gasteiger partial charge in [0.2, 0.25) is 5.78 Å². The lowest BCUT2D eigenvalue weighted by Gasteiger charge is -2.59. The molecule has 2 N–H and O–H groups in total. The molecule has 51 heavy (non-hydrogen) atoms. The fraction of sp³-hybridized carbons (Fsp3) is 0.743. The van der Waals surface area contributed by atoms with E-state index in [2.05, 4.69) is 17.2 Å². The van der Waals surface area contributed by atoms with Crippen LogP contribution in [0.4, 0.5) is 0 Å². The van der Waals surface area contributed by atoms with Crippen molar-refractivity contribution in [1.29, 1.82) is 0 Å². The molecule has 4 fully saturated rings. The van der Waals surface area contributed by atoms with E-state index in [4.69, 9.17) is 23.8 Å². The van der Waals surface area contributed by atoms with Crippen molar-refractivity contribution < 1.29 is 62.8 Å². The van der Waals surface area contributed by atoms with Crippen LogP contribution >= 0.6 is 0 Å². The molecule has 1 saturated heterocycles. The van der Waals surface area contributed by atoms with E-state index in [0.29, 0.717) is 19.3 Å². The average Bonchev–Trinajstić information content (AvgIpc) is 3.55.